The van der Waals surface area contributed by atoms with E-state index in [-0.39, 0.29) is 24.8 Å². The van der Waals surface area contributed by atoms with Gasteiger partial charge in [-0.05, 0) is 30.2 Å². The third-order valence-electron chi connectivity index (χ3n) is 5.06. The molecule has 0 spiro atoms. The second-order valence-electron chi connectivity index (χ2n) is 7.47. The highest BCUT2D eigenvalue weighted by atomic mass is 19.4. The standard InChI is InChI=1S/C20H16F9N3O/c21-18(22,23)12-2-1-11(16(7-12)20(27,28)29)5-17(33)31-14-3-4-32(10-14)15-6-13(8-30-9-15)19(24,25)26/h1-2,6-9,14H,3-5,10H2,(H,31,33)/t14-/m1/s1. The van der Waals surface area contributed by atoms with Gasteiger partial charge in [-0.1, -0.05) is 6.07 Å². The van der Waals surface area contributed by atoms with Crippen molar-refractivity contribution < 1.29 is 44.3 Å². The molecule has 0 unspecified atom stereocenters. The number of nitrogens with one attached hydrogen (secondary N) is 1. The number of amides is 1. The molecule has 1 atom stereocenters. The van der Waals surface area contributed by atoms with Crippen molar-refractivity contribution in [2.24, 2.45) is 0 Å². The summed E-state index contributed by atoms with van der Waals surface area (Å²) in [4.78, 5) is 17.4. The molecule has 1 aromatic carbocycles. The quantitative estimate of drug-likeness (QED) is 0.615. The van der Waals surface area contributed by atoms with Gasteiger partial charge >= 0.3 is 18.5 Å². The molecule has 13 heteroatoms. The second-order valence-corrected chi connectivity index (χ2v) is 7.47. The summed E-state index contributed by atoms with van der Waals surface area (Å²) in [5, 5.41) is 2.48. The maximum Gasteiger partial charge on any atom is 0.417 e. The number of carbonyl (C=O) groups excluding carboxylic acids is 1. The van der Waals surface area contributed by atoms with Gasteiger partial charge in [0.15, 0.2) is 0 Å². The number of alkyl halides is 9. The molecule has 1 amide bonds. The van der Waals surface area contributed by atoms with E-state index in [1.54, 1.807) is 0 Å². The average molecular weight is 485 g/mol. The third-order valence-corrected chi connectivity index (χ3v) is 5.06. The van der Waals surface area contributed by atoms with Crippen molar-refractivity contribution in [2.75, 3.05) is 18.0 Å². The molecule has 1 aliphatic heterocycles. The average Bonchev–Trinajstić information content (AvgIpc) is 3.14. The number of carbonyl (C=O) groups is 1. The van der Waals surface area contributed by atoms with Gasteiger partial charge in [0.1, 0.15) is 0 Å². The summed E-state index contributed by atoms with van der Waals surface area (Å²) in [6.07, 6.45) is -13.3. The first kappa shape index (κ1) is 24.6. The Morgan fingerprint density at radius 1 is 0.939 bits per heavy atom. The zero-order valence-corrected chi connectivity index (χ0v) is 16.6. The van der Waals surface area contributed by atoms with Gasteiger partial charge in [0, 0.05) is 25.3 Å². The number of hydrogen-bond donors (Lipinski definition) is 1. The molecular weight excluding hydrogens is 469 g/mol. The normalized spacial score (nSPS) is 17.4. The van der Waals surface area contributed by atoms with Gasteiger partial charge in [0.25, 0.3) is 0 Å². The molecule has 180 valence electrons. The Morgan fingerprint density at radius 2 is 1.61 bits per heavy atom. The van der Waals surface area contributed by atoms with E-state index in [0.29, 0.717) is 24.8 Å². The van der Waals surface area contributed by atoms with Crippen LogP contribution in [0.15, 0.2) is 36.7 Å². The predicted molar refractivity (Wildman–Crippen MR) is 98.1 cm³/mol. The maximum atomic E-state index is 13.2. The predicted octanol–water partition coefficient (Wildman–Crippen LogP) is 5.08. The van der Waals surface area contributed by atoms with E-state index in [9.17, 15) is 44.3 Å². The van der Waals surface area contributed by atoms with Gasteiger partial charge in [0.05, 0.1) is 35.0 Å². The Kier molecular flexibility index (Phi) is 6.53. The Hall–Kier alpha value is -2.99. The molecule has 2 aromatic rings. The Bertz CT molecular complexity index is 1020. The molecule has 0 bridgehead atoms. The molecule has 1 aliphatic rings. The van der Waals surface area contributed by atoms with Crippen molar-refractivity contribution in [1.29, 1.82) is 0 Å². The van der Waals surface area contributed by atoms with E-state index < -0.39 is 59.2 Å². The fourth-order valence-electron chi connectivity index (χ4n) is 3.49. The molecule has 1 fully saturated rings. The number of pyridine rings is 1. The number of nitrogens with zero attached hydrogens (tertiary/aromatic N) is 2. The lowest BCUT2D eigenvalue weighted by Crippen LogP contribution is -2.38. The van der Waals surface area contributed by atoms with Crippen molar-refractivity contribution in [3.8, 4) is 0 Å². The largest absolute Gasteiger partial charge is 0.417 e. The van der Waals surface area contributed by atoms with Gasteiger partial charge in [-0.3, -0.25) is 9.78 Å². The highest BCUT2D eigenvalue weighted by Crippen LogP contribution is 2.37. The summed E-state index contributed by atoms with van der Waals surface area (Å²) < 4.78 is 117. The molecule has 0 aliphatic carbocycles. The highest BCUT2D eigenvalue weighted by molar-refractivity contribution is 5.79. The highest BCUT2D eigenvalue weighted by Gasteiger charge is 2.38. The summed E-state index contributed by atoms with van der Waals surface area (Å²) in [7, 11) is 0. The van der Waals surface area contributed by atoms with Crippen LogP contribution in [0, 0.1) is 0 Å². The summed E-state index contributed by atoms with van der Waals surface area (Å²) >= 11 is 0. The van der Waals surface area contributed by atoms with Crippen LogP contribution in [0.2, 0.25) is 0 Å². The molecule has 4 nitrogen and oxygen atoms in total. The smallest absolute Gasteiger partial charge is 0.368 e. The van der Waals surface area contributed by atoms with Crippen LogP contribution in [0.1, 0.15) is 28.7 Å². The summed E-state index contributed by atoms with van der Waals surface area (Å²) in [5.41, 5.74) is -4.45. The first-order chi connectivity index (χ1) is 15.1. The third kappa shape index (κ3) is 6.08. The minimum absolute atomic E-state index is 0.0411. The van der Waals surface area contributed by atoms with Gasteiger partial charge < -0.3 is 10.2 Å². The number of rotatable bonds is 4. The molecule has 1 N–H and O–H groups in total. The van der Waals surface area contributed by atoms with Crippen LogP contribution < -0.4 is 10.2 Å². The maximum absolute atomic E-state index is 13.2. The van der Waals surface area contributed by atoms with Crippen LogP contribution in [0.3, 0.4) is 0 Å². The van der Waals surface area contributed by atoms with Crippen LogP contribution in [0.4, 0.5) is 45.2 Å². The van der Waals surface area contributed by atoms with Crippen molar-refractivity contribution in [1.82, 2.24) is 10.3 Å². The van der Waals surface area contributed by atoms with Crippen LogP contribution in [-0.2, 0) is 29.7 Å². The number of anilines is 1. The molecule has 1 saturated heterocycles. The Morgan fingerprint density at radius 3 is 2.21 bits per heavy atom. The lowest BCUT2D eigenvalue weighted by molar-refractivity contribution is -0.143. The Balaban J connectivity index is 1.68. The van der Waals surface area contributed by atoms with Crippen molar-refractivity contribution in [3.63, 3.8) is 0 Å². The van der Waals surface area contributed by atoms with Gasteiger partial charge in [-0.15, -0.1) is 0 Å². The molecular formula is C20H16F9N3O. The Labute approximate surface area is 181 Å². The molecule has 0 radical (unpaired) electrons. The minimum Gasteiger partial charge on any atom is -0.368 e. The van der Waals surface area contributed by atoms with Crippen LogP contribution in [0.25, 0.3) is 0 Å². The zero-order valence-electron chi connectivity index (χ0n) is 16.6. The first-order valence-corrected chi connectivity index (χ1v) is 9.48. The van der Waals surface area contributed by atoms with E-state index in [4.69, 9.17) is 0 Å². The van der Waals surface area contributed by atoms with Gasteiger partial charge in [-0.2, -0.15) is 39.5 Å². The lowest BCUT2D eigenvalue weighted by atomic mass is 10.00. The summed E-state index contributed by atoms with van der Waals surface area (Å²) in [6.45, 7) is 0.357. The fourth-order valence-corrected chi connectivity index (χ4v) is 3.49. The lowest BCUT2D eigenvalue weighted by Gasteiger charge is -2.20. The summed E-state index contributed by atoms with van der Waals surface area (Å²) in [6, 6.07) is 1.36. The van der Waals surface area contributed by atoms with Crippen LogP contribution >= 0.6 is 0 Å². The van der Waals surface area contributed by atoms with E-state index in [1.165, 1.54) is 11.1 Å². The number of benzene rings is 1. The van der Waals surface area contributed by atoms with Crippen molar-refractivity contribution in [3.05, 3.63) is 58.9 Å². The first-order valence-electron chi connectivity index (χ1n) is 9.48. The van der Waals surface area contributed by atoms with Crippen molar-refractivity contribution in [2.45, 2.75) is 37.4 Å². The van der Waals surface area contributed by atoms with E-state index >= 15 is 0 Å². The van der Waals surface area contributed by atoms with Crippen LogP contribution in [0.5, 0.6) is 0 Å². The molecule has 1 aromatic heterocycles. The molecule has 0 saturated carbocycles. The van der Waals surface area contributed by atoms with Crippen molar-refractivity contribution >= 4 is 11.6 Å². The number of halogens is 9. The molecule has 2 heterocycles. The van der Waals surface area contributed by atoms with Crippen LogP contribution in [-0.4, -0.2) is 30.0 Å². The fraction of sp³-hybridized carbons (Fsp3) is 0.400. The van der Waals surface area contributed by atoms with E-state index in [1.807, 2.05) is 0 Å². The van der Waals surface area contributed by atoms with E-state index in [0.717, 1.165) is 6.07 Å². The SMILES string of the molecule is O=C(Cc1ccc(C(F)(F)F)cc1C(F)(F)F)N[C@@H]1CCN(c2cncc(C(F)(F)F)c2)C1. The molecule has 33 heavy (non-hydrogen) atoms. The zero-order chi connectivity index (χ0) is 24.6. The number of aromatic nitrogens is 1. The van der Waals surface area contributed by atoms with E-state index in [2.05, 4.69) is 10.3 Å². The summed E-state index contributed by atoms with van der Waals surface area (Å²) in [5.74, 6) is -0.853. The second kappa shape index (κ2) is 8.75. The van der Waals surface area contributed by atoms with Gasteiger partial charge in [-0.25, -0.2) is 0 Å². The monoisotopic (exact) mass is 485 g/mol. The van der Waals surface area contributed by atoms with Gasteiger partial charge in [0.2, 0.25) is 5.91 Å². The molecule has 3 rings (SSSR count). The minimum atomic E-state index is -5.10. The number of hydrogen-bond acceptors (Lipinski definition) is 3. The topological polar surface area (TPSA) is 45.2 Å².